The number of alkyl halides is 2. The molecule has 0 bridgehead atoms. The molecule has 0 aromatic carbocycles. The van der Waals surface area contributed by atoms with Crippen LogP contribution in [0.2, 0.25) is 0 Å². The minimum Gasteiger partial charge on any atom is -0.462 e. The molecule has 2 heterocycles. The maximum absolute atomic E-state index is 13.4. The Hall–Kier alpha value is -2.30. The van der Waals surface area contributed by atoms with E-state index < -0.39 is 38.8 Å². The van der Waals surface area contributed by atoms with Gasteiger partial charge >= 0.3 is 13.9 Å². The van der Waals surface area contributed by atoms with E-state index in [2.05, 4.69) is 20.2 Å². The molecule has 0 fully saturated rings. The van der Waals surface area contributed by atoms with Crippen molar-refractivity contribution in [2.75, 3.05) is 12.1 Å². The van der Waals surface area contributed by atoms with Crippen molar-refractivity contribution in [2.45, 2.75) is 51.9 Å². The molecule has 0 radical (unpaired) electrons. The predicted molar refractivity (Wildman–Crippen MR) is 96.1 cm³/mol. The Balaban J connectivity index is 1.95. The smallest absolute Gasteiger partial charge is 0.461 e. The number of fused-ring (bicyclic) bond motifs is 1. The van der Waals surface area contributed by atoms with Gasteiger partial charge in [-0.25, -0.2) is 18.7 Å². The molecule has 0 saturated heterocycles. The Morgan fingerprint density at radius 1 is 1.36 bits per heavy atom. The zero-order valence-corrected chi connectivity index (χ0v) is 16.5. The first-order chi connectivity index (χ1) is 13.2. The van der Waals surface area contributed by atoms with Crippen LogP contribution in [0.1, 0.15) is 26.3 Å². The predicted octanol–water partition coefficient (Wildman–Crippen LogP) is 1.53. The van der Waals surface area contributed by atoms with Gasteiger partial charge in [-0.05, 0) is 25.3 Å². The molecule has 3 N–H and O–H groups in total. The van der Waals surface area contributed by atoms with Crippen molar-refractivity contribution < 1.29 is 27.6 Å². The lowest BCUT2D eigenvalue weighted by Crippen LogP contribution is -2.33. The van der Waals surface area contributed by atoms with E-state index in [0.29, 0.717) is 5.56 Å². The Bertz CT molecular complexity index is 834. The second kappa shape index (κ2) is 9.76. The fraction of sp³-hybridized carbons (Fsp3) is 0.600. The number of rotatable bonds is 10. The maximum atomic E-state index is 13.4. The third-order valence-electron chi connectivity index (χ3n) is 3.55. The van der Waals surface area contributed by atoms with Crippen molar-refractivity contribution in [3.63, 3.8) is 0 Å². The summed E-state index contributed by atoms with van der Waals surface area (Å²) in [6, 6.07) is -0.862. The van der Waals surface area contributed by atoms with Crippen LogP contribution < -0.4 is 10.8 Å². The highest BCUT2D eigenvalue weighted by molar-refractivity contribution is 7.42. The number of nitrogens with zero attached hydrogens (tertiary/aromatic N) is 4. The lowest BCUT2D eigenvalue weighted by molar-refractivity contribution is -0.148. The summed E-state index contributed by atoms with van der Waals surface area (Å²) in [5.74, 6) is -0.521. The van der Waals surface area contributed by atoms with E-state index in [4.69, 9.17) is 15.2 Å². The number of aromatic nitrogens is 4. The SMILES string of the molecule is CC(C)OC(=O)[C@H](C)N[P+](=O)CO[C@H](Cc1cnn2c(N)ncnc12)C(F)F. The van der Waals surface area contributed by atoms with Crippen molar-refractivity contribution in [1.82, 2.24) is 24.7 Å². The van der Waals surface area contributed by atoms with Crippen molar-refractivity contribution >= 4 is 25.5 Å². The number of hydrogen-bond acceptors (Lipinski definition) is 8. The van der Waals surface area contributed by atoms with E-state index in [-0.39, 0.29) is 24.1 Å². The van der Waals surface area contributed by atoms with E-state index in [9.17, 15) is 18.1 Å². The summed E-state index contributed by atoms with van der Waals surface area (Å²) in [5, 5.41) is 6.44. The molecule has 10 nitrogen and oxygen atoms in total. The van der Waals surface area contributed by atoms with Gasteiger partial charge in [0, 0.05) is 12.0 Å². The zero-order valence-electron chi connectivity index (χ0n) is 15.6. The first kappa shape index (κ1) is 22.0. The molecule has 2 rings (SSSR count). The van der Waals surface area contributed by atoms with Crippen molar-refractivity contribution in [3.8, 4) is 0 Å². The van der Waals surface area contributed by atoms with E-state index in [0.717, 1.165) is 0 Å². The van der Waals surface area contributed by atoms with Crippen molar-refractivity contribution in [2.24, 2.45) is 0 Å². The molecule has 2 aromatic heterocycles. The molecule has 0 spiro atoms. The van der Waals surface area contributed by atoms with Gasteiger partial charge in [-0.15, -0.1) is 0 Å². The molecular formula is C15H22F2N6O4P+. The summed E-state index contributed by atoms with van der Waals surface area (Å²) in [7, 11) is -2.26. The molecule has 0 aliphatic heterocycles. The number of nitrogen functional groups attached to an aromatic ring is 1. The molecule has 28 heavy (non-hydrogen) atoms. The van der Waals surface area contributed by atoms with Gasteiger partial charge in [0.25, 0.3) is 12.8 Å². The Labute approximate surface area is 160 Å². The lowest BCUT2D eigenvalue weighted by atomic mass is 10.1. The van der Waals surface area contributed by atoms with Crippen LogP contribution in [-0.4, -0.2) is 56.6 Å². The molecule has 13 heteroatoms. The van der Waals surface area contributed by atoms with Gasteiger partial charge in [0.1, 0.15) is 18.5 Å². The van der Waals surface area contributed by atoms with Crippen LogP contribution in [0.15, 0.2) is 12.5 Å². The van der Waals surface area contributed by atoms with Crippen LogP contribution in [0.5, 0.6) is 0 Å². The quantitative estimate of drug-likeness (QED) is 0.434. The van der Waals surface area contributed by atoms with E-state index in [1.807, 2.05) is 0 Å². The number of halogens is 2. The number of carbonyl (C=O) groups is 1. The van der Waals surface area contributed by atoms with Gasteiger partial charge in [0.05, 0.1) is 12.3 Å². The van der Waals surface area contributed by atoms with Crippen molar-refractivity contribution in [3.05, 3.63) is 18.1 Å². The van der Waals surface area contributed by atoms with Crippen LogP contribution in [0, 0.1) is 0 Å². The largest absolute Gasteiger partial charge is 0.462 e. The number of hydrogen-bond donors (Lipinski definition) is 2. The maximum Gasteiger partial charge on any atom is 0.461 e. The third kappa shape index (κ3) is 5.85. The average molecular weight is 419 g/mol. The Morgan fingerprint density at radius 2 is 2.07 bits per heavy atom. The molecule has 2 aromatic rings. The monoisotopic (exact) mass is 419 g/mol. The topological polar surface area (TPSA) is 134 Å². The first-order valence-electron chi connectivity index (χ1n) is 8.43. The molecule has 0 aliphatic carbocycles. The van der Waals surface area contributed by atoms with Gasteiger partial charge in [0.2, 0.25) is 5.95 Å². The standard InChI is InChI=1S/C15H22F2N6O4P/c1-8(2)27-14(24)9(3)22-28(25)7-26-11(12(16)17)4-10-5-21-23-13(10)19-6-20-15(23)18/h5-6,8-9,11-12H,4,7H2,1-3H3,(H,22,25)(H2,18,19,20)/q+1/t9-,11+/m0/s1. The molecule has 0 aliphatic rings. The Kier molecular flexibility index (Phi) is 7.67. The summed E-state index contributed by atoms with van der Waals surface area (Å²) in [4.78, 5) is 19.4. The van der Waals surface area contributed by atoms with Gasteiger partial charge < -0.3 is 15.2 Å². The molecule has 1 unspecified atom stereocenters. The van der Waals surface area contributed by atoms with Crippen LogP contribution in [-0.2, 0) is 25.3 Å². The number of nitrogens with two attached hydrogens (primary N) is 1. The summed E-state index contributed by atoms with van der Waals surface area (Å²) in [6.07, 6.45) is -2.86. The summed E-state index contributed by atoms with van der Waals surface area (Å²) in [6.45, 7) is 4.82. The number of anilines is 1. The van der Waals surface area contributed by atoms with Crippen LogP contribution in [0.3, 0.4) is 0 Å². The summed E-state index contributed by atoms with van der Waals surface area (Å²) < 4.78 is 50.1. The zero-order chi connectivity index (χ0) is 20.8. The minimum atomic E-state index is -2.83. The average Bonchev–Trinajstić information content (AvgIpc) is 3.02. The van der Waals surface area contributed by atoms with Gasteiger partial charge in [0.15, 0.2) is 5.65 Å². The third-order valence-corrected chi connectivity index (χ3v) is 4.61. The van der Waals surface area contributed by atoms with Gasteiger partial charge in [-0.1, -0.05) is 5.09 Å². The summed E-state index contributed by atoms with van der Waals surface area (Å²) in [5.41, 5.74) is 6.32. The summed E-state index contributed by atoms with van der Waals surface area (Å²) >= 11 is 0. The fourth-order valence-electron chi connectivity index (χ4n) is 2.26. The van der Waals surface area contributed by atoms with Crippen LogP contribution in [0.4, 0.5) is 14.7 Å². The molecular weight excluding hydrogens is 397 g/mol. The van der Waals surface area contributed by atoms with Gasteiger partial charge in [-0.3, -0.25) is 4.79 Å². The van der Waals surface area contributed by atoms with Gasteiger partial charge in [-0.2, -0.15) is 9.61 Å². The molecule has 3 atom stereocenters. The van der Waals surface area contributed by atoms with E-state index >= 15 is 0 Å². The van der Waals surface area contributed by atoms with Crippen LogP contribution >= 0.6 is 7.95 Å². The minimum absolute atomic E-state index is 0.0697. The number of ether oxygens (including phenoxy) is 2. The van der Waals surface area contributed by atoms with Crippen molar-refractivity contribution in [1.29, 1.82) is 0 Å². The lowest BCUT2D eigenvalue weighted by Gasteiger charge is -2.14. The number of nitrogens with one attached hydrogen (secondary N) is 1. The Morgan fingerprint density at radius 3 is 2.71 bits per heavy atom. The highest BCUT2D eigenvalue weighted by atomic mass is 31.1. The van der Waals surface area contributed by atoms with E-state index in [1.165, 1.54) is 24.0 Å². The number of esters is 1. The normalized spacial score (nSPS) is 14.5. The molecule has 154 valence electrons. The molecule has 0 amide bonds. The second-order valence-electron chi connectivity index (χ2n) is 6.22. The van der Waals surface area contributed by atoms with E-state index in [1.54, 1.807) is 13.8 Å². The molecule has 0 saturated carbocycles. The highest BCUT2D eigenvalue weighted by Gasteiger charge is 2.30. The van der Waals surface area contributed by atoms with Crippen LogP contribution in [0.25, 0.3) is 5.65 Å². The fourth-order valence-corrected chi connectivity index (χ4v) is 3.20. The second-order valence-corrected chi connectivity index (χ2v) is 7.50. The highest BCUT2D eigenvalue weighted by Crippen LogP contribution is 2.22. The number of carbonyl (C=O) groups excluding carboxylic acids is 1. The first-order valence-corrected chi connectivity index (χ1v) is 9.87.